The summed E-state index contributed by atoms with van der Waals surface area (Å²) in [6.07, 6.45) is -0.00811. The average Bonchev–Trinajstić information content (AvgIpc) is 3.04. The van der Waals surface area contributed by atoms with Crippen molar-refractivity contribution in [1.29, 1.82) is 0 Å². The zero-order chi connectivity index (χ0) is 22.1. The number of sulfonamides is 1. The number of hydrogen-bond donors (Lipinski definition) is 2. The van der Waals surface area contributed by atoms with Crippen LogP contribution in [0.15, 0.2) is 52.5 Å². The number of rotatable bonds is 7. The van der Waals surface area contributed by atoms with Crippen molar-refractivity contribution in [3.05, 3.63) is 53.1 Å². The van der Waals surface area contributed by atoms with Gasteiger partial charge in [-0.25, -0.2) is 8.42 Å². The van der Waals surface area contributed by atoms with Crippen molar-refractivity contribution >= 4 is 33.1 Å². The van der Waals surface area contributed by atoms with E-state index in [9.17, 15) is 8.42 Å². The second-order valence-electron chi connectivity index (χ2n) is 7.67. The maximum Gasteiger partial charge on any atom is 0.261 e. The molecule has 7 nitrogen and oxygen atoms in total. The lowest BCUT2D eigenvalue weighted by molar-refractivity contribution is 0.242. The van der Waals surface area contributed by atoms with Crippen LogP contribution >= 0.6 is 11.6 Å². The Morgan fingerprint density at radius 2 is 1.80 bits per heavy atom. The summed E-state index contributed by atoms with van der Waals surface area (Å²) in [5.74, 6) is 1.25. The Morgan fingerprint density at radius 1 is 1.13 bits per heavy atom. The van der Waals surface area contributed by atoms with E-state index in [1.165, 1.54) is 12.1 Å². The Bertz CT molecular complexity index is 1040. The van der Waals surface area contributed by atoms with E-state index < -0.39 is 10.0 Å². The van der Waals surface area contributed by atoms with Gasteiger partial charge in [0, 0.05) is 16.6 Å². The predicted octanol–water partition coefficient (Wildman–Crippen LogP) is 4.25. The Hall–Kier alpha value is -2.45. The molecule has 2 N–H and O–H groups in total. The van der Waals surface area contributed by atoms with Gasteiger partial charge in [0.1, 0.15) is 11.9 Å². The van der Waals surface area contributed by atoms with Crippen molar-refractivity contribution in [2.45, 2.75) is 57.8 Å². The molecule has 30 heavy (non-hydrogen) atoms. The summed E-state index contributed by atoms with van der Waals surface area (Å²) in [7, 11) is -3.82. The van der Waals surface area contributed by atoms with Crippen LogP contribution < -0.4 is 14.9 Å². The summed E-state index contributed by atoms with van der Waals surface area (Å²) >= 11 is 6.22. The highest BCUT2D eigenvalue weighted by Crippen LogP contribution is 2.28. The molecular weight excluding hydrogens is 424 g/mol. The minimum Gasteiger partial charge on any atom is -0.491 e. The van der Waals surface area contributed by atoms with Gasteiger partial charge in [-0.1, -0.05) is 11.6 Å². The molecule has 3 rings (SSSR count). The molecule has 0 radical (unpaired) electrons. The predicted molar refractivity (Wildman–Crippen MR) is 121 cm³/mol. The molecule has 0 saturated carbocycles. The number of hydrazone groups is 1. The molecule has 1 aliphatic heterocycles. The molecule has 162 valence electrons. The van der Waals surface area contributed by atoms with Gasteiger partial charge >= 0.3 is 0 Å². The fourth-order valence-electron chi connectivity index (χ4n) is 3.31. The molecule has 0 spiro atoms. The van der Waals surface area contributed by atoms with Gasteiger partial charge in [-0.05, 0) is 77.1 Å². The van der Waals surface area contributed by atoms with Crippen LogP contribution in [0.4, 0.5) is 5.69 Å². The van der Waals surface area contributed by atoms with Crippen molar-refractivity contribution in [1.82, 2.24) is 10.3 Å². The number of nitrogens with zero attached hydrogens (tertiary/aromatic N) is 2. The lowest BCUT2D eigenvalue weighted by Crippen LogP contribution is -2.43. The van der Waals surface area contributed by atoms with Crippen LogP contribution in [0, 0.1) is 0 Å². The molecule has 1 heterocycles. The molecule has 0 amide bonds. The maximum absolute atomic E-state index is 13.0. The highest BCUT2D eigenvalue weighted by Gasteiger charge is 2.30. The fourth-order valence-corrected chi connectivity index (χ4v) is 4.56. The molecule has 1 unspecified atom stereocenters. The second kappa shape index (κ2) is 8.73. The van der Waals surface area contributed by atoms with Crippen molar-refractivity contribution in [2.75, 3.05) is 4.72 Å². The topological polar surface area (TPSA) is 83.0 Å². The van der Waals surface area contributed by atoms with E-state index in [1.807, 2.05) is 34.6 Å². The molecule has 0 aromatic heterocycles. The molecule has 2 aromatic rings. The van der Waals surface area contributed by atoms with Gasteiger partial charge in [-0.2, -0.15) is 5.10 Å². The van der Waals surface area contributed by atoms with E-state index in [0.29, 0.717) is 27.9 Å². The van der Waals surface area contributed by atoms with E-state index >= 15 is 0 Å². The average molecular weight is 451 g/mol. The SMILES string of the molecule is CC(C)Oc1ccc(S(=O)(=O)Nc2ccc(Cl)cc2C2=NNC(C)N2C(C)C)cc1. The standard InChI is InChI=1S/C21H27ClN4O3S/c1-13(2)26-15(5)23-24-21(26)19-12-16(22)6-11-20(19)25-30(27,28)18-9-7-17(8-10-18)29-14(3)4/h6-15,23,25H,1-5H3. The van der Waals surface area contributed by atoms with Gasteiger partial charge in [0.25, 0.3) is 10.0 Å². The van der Waals surface area contributed by atoms with Crippen molar-refractivity contribution in [3.8, 4) is 5.75 Å². The highest BCUT2D eigenvalue weighted by molar-refractivity contribution is 7.92. The van der Waals surface area contributed by atoms with Gasteiger partial charge in [-0.15, -0.1) is 0 Å². The van der Waals surface area contributed by atoms with E-state index in [2.05, 4.69) is 20.1 Å². The van der Waals surface area contributed by atoms with Gasteiger partial charge in [0.05, 0.1) is 16.7 Å². The lowest BCUT2D eigenvalue weighted by atomic mass is 10.1. The summed E-state index contributed by atoms with van der Waals surface area (Å²) in [6.45, 7) is 9.92. The Morgan fingerprint density at radius 3 is 2.40 bits per heavy atom. The van der Waals surface area contributed by atoms with E-state index in [1.54, 1.807) is 30.3 Å². The summed E-state index contributed by atoms with van der Waals surface area (Å²) in [4.78, 5) is 2.21. The molecular formula is C21H27ClN4O3S. The fraction of sp³-hybridized carbons (Fsp3) is 0.381. The second-order valence-corrected chi connectivity index (χ2v) is 9.79. The van der Waals surface area contributed by atoms with E-state index in [0.717, 1.165) is 0 Å². The first-order valence-corrected chi connectivity index (χ1v) is 11.7. The third-order valence-electron chi connectivity index (χ3n) is 4.55. The van der Waals surface area contributed by atoms with Crippen molar-refractivity contribution < 1.29 is 13.2 Å². The largest absolute Gasteiger partial charge is 0.491 e. The maximum atomic E-state index is 13.0. The number of nitrogens with one attached hydrogen (secondary N) is 2. The highest BCUT2D eigenvalue weighted by atomic mass is 35.5. The molecule has 0 bridgehead atoms. The molecule has 1 aliphatic rings. The van der Waals surface area contributed by atoms with Crippen LogP contribution in [-0.2, 0) is 10.0 Å². The Balaban J connectivity index is 1.93. The number of anilines is 1. The Kier molecular flexibility index (Phi) is 6.47. The first kappa shape index (κ1) is 22.2. The normalized spacial score (nSPS) is 16.6. The van der Waals surface area contributed by atoms with Gasteiger partial charge in [-0.3, -0.25) is 10.1 Å². The lowest BCUT2D eigenvalue weighted by Gasteiger charge is -2.29. The van der Waals surface area contributed by atoms with Gasteiger partial charge < -0.3 is 9.64 Å². The van der Waals surface area contributed by atoms with E-state index in [4.69, 9.17) is 16.3 Å². The van der Waals surface area contributed by atoms with Crippen molar-refractivity contribution in [2.24, 2.45) is 5.10 Å². The summed E-state index contributed by atoms with van der Waals surface area (Å²) in [5, 5.41) is 4.91. The number of benzene rings is 2. The van der Waals surface area contributed by atoms with Crippen LogP contribution in [0.3, 0.4) is 0 Å². The number of amidine groups is 1. The molecule has 1 atom stereocenters. The number of halogens is 1. The minimum absolute atomic E-state index is 0.00861. The van der Waals surface area contributed by atoms with Gasteiger partial charge in [0.2, 0.25) is 0 Å². The van der Waals surface area contributed by atoms with Crippen molar-refractivity contribution in [3.63, 3.8) is 0 Å². The first-order valence-electron chi connectivity index (χ1n) is 9.79. The quantitative estimate of drug-likeness (QED) is 0.658. The van der Waals surface area contributed by atoms with Crippen LogP contribution in [0.1, 0.15) is 40.2 Å². The van der Waals surface area contributed by atoms with Crippen LogP contribution in [0.5, 0.6) is 5.75 Å². The smallest absolute Gasteiger partial charge is 0.261 e. The molecule has 0 fully saturated rings. The molecule has 2 aromatic carbocycles. The number of ether oxygens (including phenoxy) is 1. The zero-order valence-electron chi connectivity index (χ0n) is 17.7. The first-order chi connectivity index (χ1) is 14.1. The minimum atomic E-state index is -3.82. The Labute approximate surface area is 183 Å². The van der Waals surface area contributed by atoms with Crippen LogP contribution in [-0.4, -0.2) is 37.5 Å². The van der Waals surface area contributed by atoms with E-state index in [-0.39, 0.29) is 23.2 Å². The molecule has 0 aliphatic carbocycles. The summed E-state index contributed by atoms with van der Waals surface area (Å²) in [5.41, 5.74) is 4.05. The van der Waals surface area contributed by atoms with Crippen LogP contribution in [0.25, 0.3) is 0 Å². The summed E-state index contributed by atoms with van der Waals surface area (Å²) < 4.78 is 34.3. The third kappa shape index (κ3) is 4.82. The van der Waals surface area contributed by atoms with Crippen LogP contribution in [0.2, 0.25) is 5.02 Å². The third-order valence-corrected chi connectivity index (χ3v) is 6.16. The summed E-state index contributed by atoms with van der Waals surface area (Å²) in [6, 6.07) is 11.5. The molecule has 9 heteroatoms. The number of hydrogen-bond acceptors (Lipinski definition) is 6. The zero-order valence-corrected chi connectivity index (χ0v) is 19.3. The molecule has 0 saturated heterocycles. The monoisotopic (exact) mass is 450 g/mol. The van der Waals surface area contributed by atoms with Gasteiger partial charge in [0.15, 0.2) is 5.84 Å².